The summed E-state index contributed by atoms with van der Waals surface area (Å²) >= 11 is 0. The van der Waals surface area contributed by atoms with Crippen LogP contribution in [-0.4, -0.2) is 54.6 Å². The predicted molar refractivity (Wildman–Crippen MR) is 72.8 cm³/mol. The fourth-order valence-electron chi connectivity index (χ4n) is 2.23. The minimum atomic E-state index is -1.29. The fourth-order valence-corrected chi connectivity index (χ4v) is 2.23. The number of carbonyl (C=O) groups excluding carboxylic acids is 4. The van der Waals surface area contributed by atoms with E-state index in [0.29, 0.717) is 0 Å². The second-order valence-electron chi connectivity index (χ2n) is 5.04. The highest BCUT2D eigenvalue weighted by Crippen LogP contribution is 2.29. The smallest absolute Gasteiger partial charge is 0.305 e. The van der Waals surface area contributed by atoms with E-state index >= 15 is 0 Å². The first-order valence-corrected chi connectivity index (χ1v) is 6.96. The molecule has 0 aromatic rings. The maximum atomic E-state index is 11.4. The van der Waals surface area contributed by atoms with Crippen molar-refractivity contribution in [3.05, 3.63) is 0 Å². The number of esters is 4. The minimum absolute atomic E-state index is 0.630. The van der Waals surface area contributed by atoms with Crippen LogP contribution in [0.2, 0.25) is 0 Å². The predicted octanol–water partition coefficient (Wildman–Crippen LogP) is 0.0894. The highest BCUT2D eigenvalue weighted by molar-refractivity contribution is 5.69. The molecule has 130 valence electrons. The Morgan fingerprint density at radius 2 is 1.04 bits per heavy atom. The van der Waals surface area contributed by atoms with Gasteiger partial charge in [-0.05, 0) is 6.92 Å². The van der Waals surface area contributed by atoms with Gasteiger partial charge in [0.15, 0.2) is 12.2 Å². The van der Waals surface area contributed by atoms with Gasteiger partial charge in [0, 0.05) is 27.7 Å². The highest BCUT2D eigenvalue weighted by atomic mass is 16.7. The minimum Gasteiger partial charge on any atom is -0.456 e. The molecule has 0 aliphatic carbocycles. The van der Waals surface area contributed by atoms with E-state index in [2.05, 4.69) is 0 Å². The van der Waals surface area contributed by atoms with Crippen LogP contribution in [0.5, 0.6) is 0 Å². The zero-order valence-electron chi connectivity index (χ0n) is 13.6. The lowest BCUT2D eigenvalue weighted by Gasteiger charge is -2.42. The summed E-state index contributed by atoms with van der Waals surface area (Å²) in [6.07, 6.45) is -5.51. The van der Waals surface area contributed by atoms with E-state index in [1.807, 2.05) is 0 Å². The molecule has 5 atom stereocenters. The lowest BCUT2D eigenvalue weighted by atomic mass is 9.99. The molecule has 1 aliphatic heterocycles. The van der Waals surface area contributed by atoms with Crippen molar-refractivity contribution in [1.82, 2.24) is 0 Å². The second-order valence-corrected chi connectivity index (χ2v) is 5.04. The van der Waals surface area contributed by atoms with Crippen LogP contribution < -0.4 is 0 Å². The molecule has 0 bridgehead atoms. The molecule has 1 rings (SSSR count). The van der Waals surface area contributed by atoms with Gasteiger partial charge in [-0.15, -0.1) is 0 Å². The zero-order chi connectivity index (χ0) is 17.7. The highest BCUT2D eigenvalue weighted by Gasteiger charge is 2.51. The molecule has 9 nitrogen and oxygen atoms in total. The van der Waals surface area contributed by atoms with Crippen LogP contribution in [0.1, 0.15) is 34.6 Å². The van der Waals surface area contributed by atoms with Gasteiger partial charge in [-0.1, -0.05) is 0 Å². The summed E-state index contributed by atoms with van der Waals surface area (Å²) < 4.78 is 25.7. The van der Waals surface area contributed by atoms with Gasteiger partial charge in [-0.2, -0.15) is 0 Å². The SMILES string of the molecule is CC(=O)O[C@@H]1O[C@@H](C)[C@@H](OC(C)=O)[C@@H](OC(C)=O)[C@@H]1OC(C)=O. The van der Waals surface area contributed by atoms with Gasteiger partial charge in [0.2, 0.25) is 12.4 Å². The van der Waals surface area contributed by atoms with Crippen LogP contribution in [0.4, 0.5) is 0 Å². The lowest BCUT2D eigenvalue weighted by Crippen LogP contribution is -2.61. The van der Waals surface area contributed by atoms with Gasteiger partial charge in [-0.25, -0.2) is 0 Å². The Labute approximate surface area is 133 Å². The third kappa shape index (κ3) is 5.51. The van der Waals surface area contributed by atoms with Gasteiger partial charge in [-0.3, -0.25) is 19.2 Å². The summed E-state index contributed by atoms with van der Waals surface area (Å²) in [7, 11) is 0. The summed E-state index contributed by atoms with van der Waals surface area (Å²) in [5.41, 5.74) is 0. The maximum absolute atomic E-state index is 11.4. The van der Waals surface area contributed by atoms with Crippen molar-refractivity contribution in [2.45, 2.75) is 65.3 Å². The Balaban J connectivity index is 3.15. The van der Waals surface area contributed by atoms with E-state index in [-0.39, 0.29) is 0 Å². The van der Waals surface area contributed by atoms with Crippen LogP contribution >= 0.6 is 0 Å². The molecule has 23 heavy (non-hydrogen) atoms. The van der Waals surface area contributed by atoms with Crippen LogP contribution in [0.3, 0.4) is 0 Å². The third-order valence-corrected chi connectivity index (χ3v) is 2.92. The van der Waals surface area contributed by atoms with Gasteiger partial charge in [0.25, 0.3) is 0 Å². The lowest BCUT2D eigenvalue weighted by molar-refractivity contribution is -0.292. The Bertz CT molecular complexity index is 487. The molecular formula is C14H20O9. The molecular weight excluding hydrogens is 312 g/mol. The van der Waals surface area contributed by atoms with Crippen LogP contribution in [0, 0.1) is 0 Å². The molecule has 0 radical (unpaired) electrons. The summed E-state index contributed by atoms with van der Waals surface area (Å²) in [6.45, 7) is 6.16. The first-order valence-electron chi connectivity index (χ1n) is 6.96. The monoisotopic (exact) mass is 332 g/mol. The van der Waals surface area contributed by atoms with E-state index < -0.39 is 54.6 Å². The first kappa shape index (κ1) is 18.9. The normalized spacial score (nSPS) is 30.0. The number of rotatable bonds is 4. The van der Waals surface area contributed by atoms with Gasteiger partial charge >= 0.3 is 23.9 Å². The molecule has 0 unspecified atom stereocenters. The number of carbonyl (C=O) groups is 4. The summed E-state index contributed by atoms with van der Waals surface area (Å²) in [5, 5.41) is 0. The Kier molecular flexibility index (Phi) is 6.49. The fraction of sp³-hybridized carbons (Fsp3) is 0.714. The molecule has 1 aliphatic rings. The average Bonchev–Trinajstić information content (AvgIpc) is 2.36. The Morgan fingerprint density at radius 3 is 1.48 bits per heavy atom. The Hall–Kier alpha value is -2.16. The quantitative estimate of drug-likeness (QED) is 0.521. The zero-order valence-corrected chi connectivity index (χ0v) is 13.6. The van der Waals surface area contributed by atoms with Crippen LogP contribution in [-0.2, 0) is 42.9 Å². The number of hydrogen-bond donors (Lipinski definition) is 0. The van der Waals surface area contributed by atoms with E-state index in [1.54, 1.807) is 6.92 Å². The summed E-state index contributed by atoms with van der Waals surface area (Å²) in [4.78, 5) is 45.1. The second kappa shape index (κ2) is 7.91. The molecule has 0 aromatic heterocycles. The van der Waals surface area contributed by atoms with Crippen molar-refractivity contribution >= 4 is 23.9 Å². The molecule has 9 heteroatoms. The van der Waals surface area contributed by atoms with Crippen molar-refractivity contribution < 1.29 is 42.9 Å². The van der Waals surface area contributed by atoms with Crippen molar-refractivity contribution in [2.24, 2.45) is 0 Å². The standard InChI is InChI=1S/C14H20O9/c1-6-11(20-7(2)15)12(21-8(3)16)13(22-9(4)17)14(19-6)23-10(5)18/h6,11-14H,1-5H3/t6-,11+,12+,13-,14-/m0/s1. The van der Waals surface area contributed by atoms with Crippen molar-refractivity contribution in [2.75, 3.05) is 0 Å². The van der Waals surface area contributed by atoms with Crippen molar-refractivity contribution in [3.63, 3.8) is 0 Å². The maximum Gasteiger partial charge on any atom is 0.305 e. The third-order valence-electron chi connectivity index (χ3n) is 2.92. The molecule has 0 aromatic carbocycles. The number of ether oxygens (including phenoxy) is 5. The first-order chi connectivity index (χ1) is 10.6. The van der Waals surface area contributed by atoms with E-state index in [0.717, 1.165) is 20.8 Å². The molecule has 0 spiro atoms. The molecule has 0 N–H and O–H groups in total. The van der Waals surface area contributed by atoms with E-state index in [4.69, 9.17) is 23.7 Å². The van der Waals surface area contributed by atoms with Gasteiger partial charge in [0.05, 0.1) is 6.10 Å². The van der Waals surface area contributed by atoms with E-state index in [1.165, 1.54) is 6.92 Å². The van der Waals surface area contributed by atoms with Crippen LogP contribution in [0.15, 0.2) is 0 Å². The van der Waals surface area contributed by atoms with Gasteiger partial charge < -0.3 is 23.7 Å². The van der Waals surface area contributed by atoms with Crippen molar-refractivity contribution in [3.8, 4) is 0 Å². The van der Waals surface area contributed by atoms with Crippen molar-refractivity contribution in [1.29, 1.82) is 0 Å². The van der Waals surface area contributed by atoms with Gasteiger partial charge in [0.1, 0.15) is 0 Å². The number of hydrogen-bond acceptors (Lipinski definition) is 9. The topological polar surface area (TPSA) is 114 Å². The molecule has 1 saturated heterocycles. The van der Waals surface area contributed by atoms with E-state index in [9.17, 15) is 19.2 Å². The molecule has 1 fully saturated rings. The van der Waals surface area contributed by atoms with Crippen LogP contribution in [0.25, 0.3) is 0 Å². The molecule has 0 amide bonds. The molecule has 1 heterocycles. The Morgan fingerprint density at radius 1 is 0.652 bits per heavy atom. The summed E-state index contributed by atoms with van der Waals surface area (Å²) in [5.74, 6) is -2.69. The largest absolute Gasteiger partial charge is 0.456 e. The molecule has 0 saturated carbocycles. The average molecular weight is 332 g/mol. The summed E-state index contributed by atoms with van der Waals surface area (Å²) in [6, 6.07) is 0.